The van der Waals surface area contributed by atoms with Gasteiger partial charge < -0.3 is 10.3 Å². The lowest BCUT2D eigenvalue weighted by Gasteiger charge is -2.09. The average Bonchev–Trinajstić information content (AvgIpc) is 3.49. The van der Waals surface area contributed by atoms with Crippen molar-refractivity contribution >= 4 is 16.8 Å². The van der Waals surface area contributed by atoms with Crippen molar-refractivity contribution in [2.45, 2.75) is 38.5 Å². The molecule has 4 nitrogen and oxygen atoms in total. The molecule has 2 N–H and O–H groups in total. The predicted octanol–water partition coefficient (Wildman–Crippen LogP) is 4.11. The molecule has 1 aromatic heterocycles. The van der Waals surface area contributed by atoms with Gasteiger partial charge in [-0.1, -0.05) is 50.2 Å². The summed E-state index contributed by atoms with van der Waals surface area (Å²) in [5.41, 5.74) is 3.97. The number of aromatic nitrogens is 1. The number of pyridine rings is 1. The predicted molar refractivity (Wildman–Crippen MR) is 113 cm³/mol. The van der Waals surface area contributed by atoms with Gasteiger partial charge in [0.25, 0.3) is 5.56 Å². The maximum absolute atomic E-state index is 12.4. The van der Waals surface area contributed by atoms with Gasteiger partial charge in [-0.15, -0.1) is 0 Å². The third-order valence-electron chi connectivity index (χ3n) is 5.66. The number of aromatic amines is 1. The van der Waals surface area contributed by atoms with Crippen LogP contribution in [0.25, 0.3) is 10.9 Å². The lowest BCUT2D eigenvalue weighted by Crippen LogP contribution is -2.29. The van der Waals surface area contributed by atoms with Crippen LogP contribution in [-0.2, 0) is 11.2 Å². The number of carbonyl (C=O) groups is 1. The third kappa shape index (κ3) is 3.86. The fraction of sp³-hybridized carbons (Fsp3) is 0.333. The molecule has 1 heterocycles. The van der Waals surface area contributed by atoms with Crippen LogP contribution >= 0.6 is 0 Å². The Morgan fingerprint density at radius 3 is 2.68 bits per heavy atom. The minimum Gasteiger partial charge on any atom is -0.356 e. The SMILES string of the molecule is CC(C)c1ccc2[nH]c(=O)c(CCNC(=O)C3CC3c3ccccc3)cc2c1. The monoisotopic (exact) mass is 374 g/mol. The Balaban J connectivity index is 1.38. The summed E-state index contributed by atoms with van der Waals surface area (Å²) in [4.78, 5) is 27.7. The van der Waals surface area contributed by atoms with Gasteiger partial charge in [-0.25, -0.2) is 0 Å². The van der Waals surface area contributed by atoms with Gasteiger partial charge in [-0.05, 0) is 59.4 Å². The highest BCUT2D eigenvalue weighted by Crippen LogP contribution is 2.47. The first-order valence-corrected chi connectivity index (χ1v) is 10.0. The number of amides is 1. The highest BCUT2D eigenvalue weighted by atomic mass is 16.2. The van der Waals surface area contributed by atoms with Crippen LogP contribution < -0.4 is 10.9 Å². The van der Waals surface area contributed by atoms with E-state index in [-0.39, 0.29) is 17.4 Å². The molecule has 1 saturated carbocycles. The molecule has 0 radical (unpaired) electrons. The Bertz CT molecular complexity index is 1050. The van der Waals surface area contributed by atoms with Crippen molar-refractivity contribution in [3.63, 3.8) is 0 Å². The van der Waals surface area contributed by atoms with Crippen LogP contribution in [0.2, 0.25) is 0 Å². The molecule has 0 bridgehead atoms. The van der Waals surface area contributed by atoms with Crippen LogP contribution in [0.15, 0.2) is 59.4 Å². The van der Waals surface area contributed by atoms with E-state index in [4.69, 9.17) is 0 Å². The van der Waals surface area contributed by atoms with Crippen LogP contribution in [0, 0.1) is 5.92 Å². The molecule has 28 heavy (non-hydrogen) atoms. The van der Waals surface area contributed by atoms with Crippen molar-refractivity contribution in [2.75, 3.05) is 6.54 Å². The highest BCUT2D eigenvalue weighted by molar-refractivity contribution is 5.83. The van der Waals surface area contributed by atoms with E-state index in [0.717, 1.165) is 17.3 Å². The Kier molecular flexibility index (Phi) is 5.03. The van der Waals surface area contributed by atoms with Crippen LogP contribution in [0.3, 0.4) is 0 Å². The van der Waals surface area contributed by atoms with Gasteiger partial charge in [0.05, 0.1) is 0 Å². The van der Waals surface area contributed by atoms with Gasteiger partial charge in [0.1, 0.15) is 0 Å². The Hall–Kier alpha value is -2.88. The quantitative estimate of drug-likeness (QED) is 0.682. The van der Waals surface area contributed by atoms with Crippen molar-refractivity contribution in [2.24, 2.45) is 5.92 Å². The van der Waals surface area contributed by atoms with Crippen LogP contribution in [0.4, 0.5) is 0 Å². The van der Waals surface area contributed by atoms with E-state index in [1.807, 2.05) is 30.3 Å². The lowest BCUT2D eigenvalue weighted by atomic mass is 10.0. The summed E-state index contributed by atoms with van der Waals surface area (Å²) < 4.78 is 0. The molecular formula is C24H26N2O2. The van der Waals surface area contributed by atoms with E-state index >= 15 is 0 Å². The number of nitrogens with one attached hydrogen (secondary N) is 2. The molecule has 1 amide bonds. The zero-order valence-corrected chi connectivity index (χ0v) is 16.4. The van der Waals surface area contributed by atoms with E-state index in [1.54, 1.807) is 0 Å². The molecule has 4 heteroatoms. The molecule has 0 spiro atoms. The Morgan fingerprint density at radius 1 is 1.14 bits per heavy atom. The van der Waals surface area contributed by atoms with Crippen molar-refractivity contribution in [1.82, 2.24) is 10.3 Å². The molecule has 0 aliphatic heterocycles. The summed E-state index contributed by atoms with van der Waals surface area (Å²) in [5.74, 6) is 0.925. The summed E-state index contributed by atoms with van der Waals surface area (Å²) >= 11 is 0. The number of benzene rings is 2. The van der Waals surface area contributed by atoms with E-state index in [0.29, 0.717) is 30.4 Å². The zero-order valence-electron chi connectivity index (χ0n) is 16.4. The van der Waals surface area contributed by atoms with Gasteiger partial charge in [-0.2, -0.15) is 0 Å². The van der Waals surface area contributed by atoms with Gasteiger partial charge in [0.15, 0.2) is 0 Å². The summed E-state index contributed by atoms with van der Waals surface area (Å²) in [6, 6.07) is 18.3. The van der Waals surface area contributed by atoms with Crippen LogP contribution in [-0.4, -0.2) is 17.4 Å². The molecule has 0 saturated heterocycles. The van der Waals surface area contributed by atoms with E-state index in [2.05, 4.69) is 48.4 Å². The van der Waals surface area contributed by atoms with Gasteiger partial charge in [-0.3, -0.25) is 9.59 Å². The fourth-order valence-electron chi connectivity index (χ4n) is 3.82. The second-order valence-electron chi connectivity index (χ2n) is 8.03. The van der Waals surface area contributed by atoms with Gasteiger partial charge in [0.2, 0.25) is 5.91 Å². The smallest absolute Gasteiger partial charge is 0.251 e. The summed E-state index contributed by atoms with van der Waals surface area (Å²) in [5, 5.41) is 4.05. The molecule has 3 aromatic rings. The lowest BCUT2D eigenvalue weighted by molar-refractivity contribution is -0.122. The number of carbonyl (C=O) groups excluding carboxylic acids is 1. The first-order valence-electron chi connectivity index (χ1n) is 10.0. The van der Waals surface area contributed by atoms with Crippen LogP contribution in [0.5, 0.6) is 0 Å². The topological polar surface area (TPSA) is 62.0 Å². The fourth-order valence-corrected chi connectivity index (χ4v) is 3.82. The summed E-state index contributed by atoms with van der Waals surface area (Å²) in [6.45, 7) is 4.79. The Morgan fingerprint density at radius 2 is 1.93 bits per heavy atom. The molecule has 4 rings (SSSR count). The molecular weight excluding hydrogens is 348 g/mol. The third-order valence-corrected chi connectivity index (χ3v) is 5.66. The number of H-pyrrole nitrogens is 1. The van der Waals surface area contributed by atoms with Crippen LogP contribution in [0.1, 0.15) is 48.8 Å². The number of rotatable bonds is 6. The minimum atomic E-state index is -0.0763. The largest absolute Gasteiger partial charge is 0.356 e. The van der Waals surface area contributed by atoms with Crippen molar-refractivity contribution < 1.29 is 4.79 Å². The maximum atomic E-state index is 12.4. The first-order chi connectivity index (χ1) is 13.5. The maximum Gasteiger partial charge on any atom is 0.251 e. The highest BCUT2D eigenvalue weighted by Gasteiger charge is 2.43. The molecule has 1 aliphatic carbocycles. The number of fused-ring (bicyclic) bond motifs is 1. The number of hydrogen-bond donors (Lipinski definition) is 2. The second-order valence-corrected chi connectivity index (χ2v) is 8.03. The van der Waals surface area contributed by atoms with Crippen molar-refractivity contribution in [1.29, 1.82) is 0 Å². The van der Waals surface area contributed by atoms with Gasteiger partial charge in [0, 0.05) is 23.5 Å². The van der Waals surface area contributed by atoms with Crippen molar-refractivity contribution in [3.8, 4) is 0 Å². The van der Waals surface area contributed by atoms with E-state index < -0.39 is 0 Å². The first kappa shape index (κ1) is 18.5. The molecule has 2 atom stereocenters. The standard InChI is InChI=1S/C24H26N2O2/c1-15(2)17-8-9-22-19(12-17)13-18(23(27)26-22)10-11-25-24(28)21-14-20(21)16-6-4-3-5-7-16/h3-9,12-13,15,20-21H,10-11,14H2,1-2H3,(H,25,28)(H,26,27). The molecule has 1 aliphatic rings. The van der Waals surface area contributed by atoms with Gasteiger partial charge >= 0.3 is 0 Å². The van der Waals surface area contributed by atoms with E-state index in [1.165, 1.54) is 11.1 Å². The average molecular weight is 374 g/mol. The summed E-state index contributed by atoms with van der Waals surface area (Å²) in [7, 11) is 0. The van der Waals surface area contributed by atoms with E-state index in [9.17, 15) is 9.59 Å². The Labute approximate surface area is 165 Å². The summed E-state index contributed by atoms with van der Waals surface area (Å²) in [6.07, 6.45) is 1.44. The minimum absolute atomic E-state index is 0.0610. The molecule has 2 aromatic carbocycles. The molecule has 144 valence electrons. The zero-order chi connectivity index (χ0) is 19.7. The number of hydrogen-bond acceptors (Lipinski definition) is 2. The molecule has 1 fully saturated rings. The normalized spacial score (nSPS) is 18.4. The van der Waals surface area contributed by atoms with Crippen molar-refractivity contribution in [3.05, 3.63) is 81.6 Å². The second kappa shape index (κ2) is 7.63. The molecule has 2 unspecified atom stereocenters.